The Morgan fingerprint density at radius 3 is 2.89 bits per heavy atom. The Hall–Kier alpha value is -0.710. The molecule has 0 atom stereocenters. The maximum absolute atomic E-state index is 12.5. The van der Waals surface area contributed by atoms with E-state index >= 15 is 0 Å². The second kappa shape index (κ2) is 5.95. The van der Waals surface area contributed by atoms with Crippen LogP contribution in [-0.4, -0.2) is 37.1 Å². The molecule has 0 unspecified atom stereocenters. The van der Waals surface area contributed by atoms with Crippen molar-refractivity contribution in [2.24, 2.45) is 0 Å². The topological polar surface area (TPSA) is 29.5 Å². The Bertz CT molecular complexity index is 449. The summed E-state index contributed by atoms with van der Waals surface area (Å²) in [5.74, 6) is -0.0320. The van der Waals surface area contributed by atoms with Gasteiger partial charge in [0.25, 0.3) is 5.91 Å². The summed E-state index contributed by atoms with van der Waals surface area (Å²) >= 11 is 10.3. The highest BCUT2D eigenvalue weighted by Gasteiger charge is 2.33. The average Bonchev–Trinajstić information content (AvgIpc) is 3.17. The van der Waals surface area contributed by atoms with Gasteiger partial charge in [0.15, 0.2) is 0 Å². The predicted octanol–water partition coefficient (Wildman–Crippen LogP) is 2.88. The second-order valence-electron chi connectivity index (χ2n) is 4.39. The SMILES string of the molecule is COCCN(C(=O)c1cc(S)ccc1Cl)C1CC1. The molecule has 1 aromatic carbocycles. The standard InChI is InChI=1S/C13H16ClNO2S/c1-17-7-6-15(9-2-3-9)13(16)11-8-10(18)4-5-12(11)14/h4-5,8-9,18H,2-3,6-7H2,1H3. The van der Waals surface area contributed by atoms with E-state index in [1.165, 1.54) is 0 Å². The summed E-state index contributed by atoms with van der Waals surface area (Å²) in [4.78, 5) is 15.0. The van der Waals surface area contributed by atoms with Crippen molar-refractivity contribution in [3.8, 4) is 0 Å². The van der Waals surface area contributed by atoms with E-state index < -0.39 is 0 Å². The Balaban J connectivity index is 2.19. The number of nitrogens with zero attached hydrogens (tertiary/aromatic N) is 1. The minimum Gasteiger partial charge on any atom is -0.383 e. The first kappa shape index (κ1) is 13.7. The number of ether oxygens (including phenoxy) is 1. The van der Waals surface area contributed by atoms with Gasteiger partial charge in [-0.05, 0) is 31.0 Å². The molecular weight excluding hydrogens is 270 g/mol. The first-order chi connectivity index (χ1) is 8.63. The molecule has 18 heavy (non-hydrogen) atoms. The van der Waals surface area contributed by atoms with Crippen LogP contribution in [0.4, 0.5) is 0 Å². The number of carbonyl (C=O) groups excluding carboxylic acids is 1. The van der Waals surface area contributed by atoms with Gasteiger partial charge in [0, 0.05) is 24.6 Å². The minimum absolute atomic E-state index is 0.0320. The Morgan fingerprint density at radius 1 is 1.56 bits per heavy atom. The zero-order valence-electron chi connectivity index (χ0n) is 10.2. The highest BCUT2D eigenvalue weighted by Crippen LogP contribution is 2.30. The molecule has 1 aliphatic carbocycles. The van der Waals surface area contributed by atoms with E-state index in [1.807, 2.05) is 4.90 Å². The van der Waals surface area contributed by atoms with Gasteiger partial charge in [-0.1, -0.05) is 11.6 Å². The lowest BCUT2D eigenvalue weighted by atomic mass is 10.2. The van der Waals surface area contributed by atoms with E-state index in [4.69, 9.17) is 16.3 Å². The molecule has 2 rings (SSSR count). The summed E-state index contributed by atoms with van der Waals surface area (Å²) in [5.41, 5.74) is 0.521. The summed E-state index contributed by atoms with van der Waals surface area (Å²) in [7, 11) is 1.64. The smallest absolute Gasteiger partial charge is 0.255 e. The van der Waals surface area contributed by atoms with Crippen molar-refractivity contribution < 1.29 is 9.53 Å². The first-order valence-electron chi connectivity index (χ1n) is 5.92. The number of hydrogen-bond donors (Lipinski definition) is 1. The van der Waals surface area contributed by atoms with E-state index in [9.17, 15) is 4.79 Å². The molecule has 0 N–H and O–H groups in total. The van der Waals surface area contributed by atoms with Gasteiger partial charge in [-0.25, -0.2) is 0 Å². The van der Waals surface area contributed by atoms with E-state index in [-0.39, 0.29) is 5.91 Å². The van der Waals surface area contributed by atoms with Gasteiger partial charge in [-0.3, -0.25) is 4.79 Å². The van der Waals surface area contributed by atoms with Crippen molar-refractivity contribution >= 4 is 30.1 Å². The van der Waals surface area contributed by atoms with Crippen LogP contribution in [0, 0.1) is 0 Å². The molecule has 0 heterocycles. The molecule has 0 aromatic heterocycles. The van der Waals surface area contributed by atoms with Gasteiger partial charge in [-0.15, -0.1) is 12.6 Å². The molecule has 1 aromatic rings. The molecule has 1 amide bonds. The summed E-state index contributed by atoms with van der Waals surface area (Å²) < 4.78 is 5.05. The number of methoxy groups -OCH3 is 1. The summed E-state index contributed by atoms with van der Waals surface area (Å²) in [6.45, 7) is 1.15. The molecule has 1 aliphatic rings. The quantitative estimate of drug-likeness (QED) is 0.843. The molecule has 0 saturated heterocycles. The van der Waals surface area contributed by atoms with Gasteiger partial charge in [0.1, 0.15) is 0 Å². The predicted molar refractivity (Wildman–Crippen MR) is 74.6 cm³/mol. The second-order valence-corrected chi connectivity index (χ2v) is 5.31. The lowest BCUT2D eigenvalue weighted by Gasteiger charge is -2.22. The fourth-order valence-electron chi connectivity index (χ4n) is 1.86. The van der Waals surface area contributed by atoms with Crippen LogP contribution in [0.25, 0.3) is 0 Å². The molecule has 0 radical (unpaired) electrons. The van der Waals surface area contributed by atoms with E-state index in [0.29, 0.717) is 29.8 Å². The lowest BCUT2D eigenvalue weighted by Crippen LogP contribution is -2.36. The van der Waals surface area contributed by atoms with Crippen molar-refractivity contribution in [2.45, 2.75) is 23.8 Å². The molecular formula is C13H16ClNO2S. The highest BCUT2D eigenvalue weighted by atomic mass is 35.5. The summed E-state index contributed by atoms with van der Waals surface area (Å²) in [6.07, 6.45) is 2.13. The fourth-order valence-corrected chi connectivity index (χ4v) is 2.26. The first-order valence-corrected chi connectivity index (χ1v) is 6.74. The van der Waals surface area contributed by atoms with Crippen LogP contribution in [0.3, 0.4) is 0 Å². The van der Waals surface area contributed by atoms with Gasteiger partial charge in [0.05, 0.1) is 17.2 Å². The van der Waals surface area contributed by atoms with Crippen LogP contribution in [0.5, 0.6) is 0 Å². The zero-order valence-corrected chi connectivity index (χ0v) is 11.9. The third-order valence-electron chi connectivity index (χ3n) is 2.97. The van der Waals surface area contributed by atoms with Crippen LogP contribution in [-0.2, 0) is 4.74 Å². The van der Waals surface area contributed by atoms with E-state index in [2.05, 4.69) is 12.6 Å². The van der Waals surface area contributed by atoms with Crippen LogP contribution < -0.4 is 0 Å². The molecule has 5 heteroatoms. The van der Waals surface area contributed by atoms with Gasteiger partial charge >= 0.3 is 0 Å². The molecule has 0 aliphatic heterocycles. The van der Waals surface area contributed by atoms with Crippen molar-refractivity contribution in [3.63, 3.8) is 0 Å². The van der Waals surface area contributed by atoms with Crippen molar-refractivity contribution in [1.29, 1.82) is 0 Å². The fraction of sp³-hybridized carbons (Fsp3) is 0.462. The zero-order chi connectivity index (χ0) is 13.1. The lowest BCUT2D eigenvalue weighted by molar-refractivity contribution is 0.0680. The van der Waals surface area contributed by atoms with Crippen molar-refractivity contribution in [2.75, 3.05) is 20.3 Å². The number of halogens is 1. The minimum atomic E-state index is -0.0320. The van der Waals surface area contributed by atoms with Crippen molar-refractivity contribution in [3.05, 3.63) is 28.8 Å². The number of rotatable bonds is 5. The van der Waals surface area contributed by atoms with Crippen LogP contribution in [0.2, 0.25) is 5.02 Å². The van der Waals surface area contributed by atoms with Crippen molar-refractivity contribution in [1.82, 2.24) is 4.90 Å². The van der Waals surface area contributed by atoms with Crippen LogP contribution in [0.1, 0.15) is 23.2 Å². The molecule has 0 bridgehead atoms. The Labute approximate surface area is 117 Å². The molecule has 1 saturated carbocycles. The molecule has 3 nitrogen and oxygen atoms in total. The van der Waals surface area contributed by atoms with Gasteiger partial charge < -0.3 is 9.64 Å². The van der Waals surface area contributed by atoms with Gasteiger partial charge in [-0.2, -0.15) is 0 Å². The molecule has 1 fully saturated rings. The maximum Gasteiger partial charge on any atom is 0.255 e. The summed E-state index contributed by atoms with van der Waals surface area (Å²) in [5, 5.41) is 0.473. The average molecular weight is 286 g/mol. The monoisotopic (exact) mass is 285 g/mol. The van der Waals surface area contributed by atoms with Crippen LogP contribution in [0.15, 0.2) is 23.1 Å². The summed E-state index contributed by atoms with van der Waals surface area (Å²) in [6, 6.07) is 5.54. The highest BCUT2D eigenvalue weighted by molar-refractivity contribution is 7.80. The third-order valence-corrected chi connectivity index (χ3v) is 3.57. The Kier molecular flexibility index (Phi) is 4.54. The van der Waals surface area contributed by atoms with E-state index in [0.717, 1.165) is 17.7 Å². The van der Waals surface area contributed by atoms with Gasteiger partial charge in [0.2, 0.25) is 0 Å². The third kappa shape index (κ3) is 3.19. The molecule has 98 valence electrons. The number of hydrogen-bond acceptors (Lipinski definition) is 3. The molecule has 0 spiro atoms. The largest absolute Gasteiger partial charge is 0.383 e. The Morgan fingerprint density at radius 2 is 2.28 bits per heavy atom. The normalized spacial score (nSPS) is 14.6. The number of benzene rings is 1. The maximum atomic E-state index is 12.5. The number of amides is 1. The number of thiol groups is 1. The van der Waals surface area contributed by atoms with Crippen LogP contribution >= 0.6 is 24.2 Å². The van der Waals surface area contributed by atoms with E-state index in [1.54, 1.807) is 25.3 Å². The number of carbonyl (C=O) groups is 1.